The molecule has 0 amide bonds. The largest absolute Gasteiger partial charge is 0.480 e. The lowest BCUT2D eigenvalue weighted by atomic mass is 9.94. The van der Waals surface area contributed by atoms with E-state index in [0.717, 1.165) is 0 Å². The van der Waals surface area contributed by atoms with Crippen LogP contribution in [-0.4, -0.2) is 23.2 Å². The van der Waals surface area contributed by atoms with Crippen LogP contribution < -0.4 is 5.32 Å². The van der Waals surface area contributed by atoms with Gasteiger partial charge in [-0.1, -0.05) is 37.3 Å². The van der Waals surface area contributed by atoms with Gasteiger partial charge in [0.05, 0.1) is 0 Å². The van der Waals surface area contributed by atoms with Crippen LogP contribution >= 0.6 is 0 Å². The number of carbonyl (C=O) groups is 1. The molecule has 3 nitrogen and oxygen atoms in total. The summed E-state index contributed by atoms with van der Waals surface area (Å²) in [5.74, 6) is -0.518. The standard InChI is InChI=1S/C13H19NO2/c1-9(12-7-5-4-6-8-12)10(2)14-11(3)13(15)16/h4-11,14H,1-3H3,(H,15,16)/t9-,10+,11+/m1/s1. The summed E-state index contributed by atoms with van der Waals surface area (Å²) in [7, 11) is 0. The molecule has 0 aliphatic heterocycles. The molecule has 0 heterocycles. The molecule has 3 atom stereocenters. The molecule has 1 rings (SSSR count). The van der Waals surface area contributed by atoms with Crippen molar-refractivity contribution in [2.75, 3.05) is 0 Å². The number of hydrogen-bond acceptors (Lipinski definition) is 2. The highest BCUT2D eigenvalue weighted by Gasteiger charge is 2.19. The van der Waals surface area contributed by atoms with Crippen molar-refractivity contribution in [1.29, 1.82) is 0 Å². The minimum Gasteiger partial charge on any atom is -0.480 e. The lowest BCUT2D eigenvalue weighted by molar-refractivity contribution is -0.139. The third-order valence-corrected chi connectivity index (χ3v) is 2.96. The quantitative estimate of drug-likeness (QED) is 0.801. The maximum absolute atomic E-state index is 10.7. The summed E-state index contributed by atoms with van der Waals surface area (Å²) < 4.78 is 0. The van der Waals surface area contributed by atoms with Gasteiger partial charge in [0.1, 0.15) is 6.04 Å². The van der Waals surface area contributed by atoms with Crippen LogP contribution in [-0.2, 0) is 4.79 Å². The van der Waals surface area contributed by atoms with Crippen molar-refractivity contribution < 1.29 is 9.90 Å². The molecule has 0 saturated heterocycles. The first-order valence-corrected chi connectivity index (χ1v) is 5.56. The summed E-state index contributed by atoms with van der Waals surface area (Å²) in [6, 6.07) is 9.73. The Kier molecular flexibility index (Phi) is 4.50. The molecule has 0 aromatic heterocycles. The van der Waals surface area contributed by atoms with Crippen molar-refractivity contribution in [1.82, 2.24) is 5.32 Å². The van der Waals surface area contributed by atoms with E-state index in [9.17, 15) is 4.79 Å². The Morgan fingerprint density at radius 3 is 2.25 bits per heavy atom. The predicted molar refractivity (Wildman–Crippen MR) is 64.6 cm³/mol. The zero-order chi connectivity index (χ0) is 12.1. The third kappa shape index (κ3) is 3.35. The second-order valence-electron chi connectivity index (χ2n) is 4.21. The van der Waals surface area contributed by atoms with Gasteiger partial charge in [-0.15, -0.1) is 0 Å². The molecule has 0 unspecified atom stereocenters. The smallest absolute Gasteiger partial charge is 0.320 e. The molecule has 2 N–H and O–H groups in total. The molecule has 1 aromatic carbocycles. The molecular formula is C13H19NO2. The van der Waals surface area contributed by atoms with Gasteiger partial charge >= 0.3 is 5.97 Å². The second kappa shape index (κ2) is 5.66. The molecule has 88 valence electrons. The van der Waals surface area contributed by atoms with E-state index in [-0.39, 0.29) is 6.04 Å². The maximum atomic E-state index is 10.7. The van der Waals surface area contributed by atoms with E-state index < -0.39 is 12.0 Å². The van der Waals surface area contributed by atoms with Gasteiger partial charge in [-0.05, 0) is 25.3 Å². The first-order valence-electron chi connectivity index (χ1n) is 5.56. The Balaban J connectivity index is 2.61. The molecule has 0 aliphatic rings. The Labute approximate surface area is 96.5 Å². The Bertz CT molecular complexity index is 337. The minimum atomic E-state index is -0.813. The van der Waals surface area contributed by atoms with Crippen LogP contribution in [0.5, 0.6) is 0 Å². The van der Waals surface area contributed by atoms with Crippen LogP contribution in [0.2, 0.25) is 0 Å². The highest BCUT2D eigenvalue weighted by atomic mass is 16.4. The van der Waals surface area contributed by atoms with Crippen molar-refractivity contribution in [3.63, 3.8) is 0 Å². The third-order valence-electron chi connectivity index (χ3n) is 2.96. The average molecular weight is 221 g/mol. The van der Waals surface area contributed by atoms with E-state index in [4.69, 9.17) is 5.11 Å². The van der Waals surface area contributed by atoms with Gasteiger partial charge in [0, 0.05) is 6.04 Å². The Morgan fingerprint density at radius 1 is 1.19 bits per heavy atom. The summed E-state index contributed by atoms with van der Waals surface area (Å²) in [4.78, 5) is 10.7. The topological polar surface area (TPSA) is 49.3 Å². The van der Waals surface area contributed by atoms with Crippen molar-refractivity contribution in [3.05, 3.63) is 35.9 Å². The van der Waals surface area contributed by atoms with Gasteiger partial charge in [0.25, 0.3) is 0 Å². The lowest BCUT2D eigenvalue weighted by Crippen LogP contribution is -2.42. The van der Waals surface area contributed by atoms with Crippen molar-refractivity contribution in [2.45, 2.75) is 38.8 Å². The van der Waals surface area contributed by atoms with Crippen LogP contribution in [0.25, 0.3) is 0 Å². The second-order valence-corrected chi connectivity index (χ2v) is 4.21. The van der Waals surface area contributed by atoms with Gasteiger partial charge in [-0.3, -0.25) is 4.79 Å². The number of nitrogens with one attached hydrogen (secondary N) is 1. The Morgan fingerprint density at radius 2 is 1.75 bits per heavy atom. The Hall–Kier alpha value is -1.35. The maximum Gasteiger partial charge on any atom is 0.320 e. The summed E-state index contributed by atoms with van der Waals surface area (Å²) in [6.07, 6.45) is 0. The van der Waals surface area contributed by atoms with Crippen LogP contribution in [0.1, 0.15) is 32.3 Å². The zero-order valence-corrected chi connectivity index (χ0v) is 9.97. The number of aliphatic carboxylic acids is 1. The van der Waals surface area contributed by atoms with E-state index >= 15 is 0 Å². The average Bonchev–Trinajstić information content (AvgIpc) is 2.28. The molecular weight excluding hydrogens is 202 g/mol. The summed E-state index contributed by atoms with van der Waals surface area (Å²) >= 11 is 0. The van der Waals surface area contributed by atoms with Gasteiger partial charge in [0.15, 0.2) is 0 Å². The molecule has 3 heteroatoms. The predicted octanol–water partition coefficient (Wildman–Crippen LogP) is 2.24. The first-order chi connectivity index (χ1) is 7.52. The zero-order valence-electron chi connectivity index (χ0n) is 9.97. The lowest BCUT2D eigenvalue weighted by Gasteiger charge is -2.23. The fourth-order valence-corrected chi connectivity index (χ4v) is 1.66. The number of benzene rings is 1. The molecule has 0 radical (unpaired) electrons. The monoisotopic (exact) mass is 221 g/mol. The minimum absolute atomic E-state index is 0.133. The summed E-state index contributed by atoms with van der Waals surface area (Å²) in [5.41, 5.74) is 1.22. The van der Waals surface area contributed by atoms with Gasteiger partial charge in [-0.25, -0.2) is 0 Å². The van der Waals surface area contributed by atoms with Crippen LogP contribution in [0.4, 0.5) is 0 Å². The fraction of sp³-hybridized carbons (Fsp3) is 0.462. The highest BCUT2D eigenvalue weighted by Crippen LogP contribution is 2.18. The van der Waals surface area contributed by atoms with Crippen molar-refractivity contribution >= 4 is 5.97 Å². The molecule has 0 aliphatic carbocycles. The van der Waals surface area contributed by atoms with E-state index in [1.54, 1.807) is 6.92 Å². The SMILES string of the molecule is C[C@H](N[C@@H](C)[C@@H](C)c1ccccc1)C(=O)O. The van der Waals surface area contributed by atoms with Crippen LogP contribution in [0, 0.1) is 0 Å². The van der Waals surface area contributed by atoms with E-state index in [1.165, 1.54) is 5.56 Å². The molecule has 0 fully saturated rings. The van der Waals surface area contributed by atoms with Crippen LogP contribution in [0.15, 0.2) is 30.3 Å². The number of carboxylic acid groups (broad SMARTS) is 1. The summed E-state index contributed by atoms with van der Waals surface area (Å²) in [5, 5.41) is 11.9. The highest BCUT2D eigenvalue weighted by molar-refractivity contribution is 5.72. The number of hydrogen-bond donors (Lipinski definition) is 2. The fourth-order valence-electron chi connectivity index (χ4n) is 1.66. The van der Waals surface area contributed by atoms with Gasteiger partial charge < -0.3 is 10.4 Å². The first kappa shape index (κ1) is 12.7. The molecule has 16 heavy (non-hydrogen) atoms. The van der Waals surface area contributed by atoms with Gasteiger partial charge in [0.2, 0.25) is 0 Å². The van der Waals surface area contributed by atoms with Gasteiger partial charge in [-0.2, -0.15) is 0 Å². The molecule has 0 saturated carbocycles. The summed E-state index contributed by atoms with van der Waals surface area (Å²) in [6.45, 7) is 5.77. The van der Waals surface area contributed by atoms with E-state index in [0.29, 0.717) is 5.92 Å². The van der Waals surface area contributed by atoms with E-state index in [1.807, 2.05) is 25.1 Å². The molecule has 0 spiro atoms. The van der Waals surface area contributed by atoms with Crippen molar-refractivity contribution in [2.24, 2.45) is 0 Å². The molecule has 0 bridgehead atoms. The van der Waals surface area contributed by atoms with E-state index in [2.05, 4.69) is 24.4 Å². The number of carboxylic acids is 1. The number of rotatable bonds is 5. The normalized spacial score (nSPS) is 16.4. The molecule has 1 aromatic rings. The van der Waals surface area contributed by atoms with Crippen molar-refractivity contribution in [3.8, 4) is 0 Å². The van der Waals surface area contributed by atoms with Crippen LogP contribution in [0.3, 0.4) is 0 Å².